The number of aliphatic carboxylic acids is 1. The third kappa shape index (κ3) is 5.46. The van der Waals surface area contributed by atoms with Gasteiger partial charge in [-0.25, -0.2) is 9.78 Å². The second-order valence-electron chi connectivity index (χ2n) is 6.42. The van der Waals surface area contributed by atoms with Gasteiger partial charge < -0.3 is 15.0 Å². The van der Waals surface area contributed by atoms with Gasteiger partial charge in [0.25, 0.3) is 5.91 Å². The van der Waals surface area contributed by atoms with Crippen molar-refractivity contribution < 1.29 is 27.9 Å². The Kier molecular flexibility index (Phi) is 6.65. The molecule has 0 saturated heterocycles. The zero-order valence-electron chi connectivity index (χ0n) is 16.7. The Balaban J connectivity index is 0.000000396. The van der Waals surface area contributed by atoms with E-state index in [2.05, 4.69) is 15.4 Å². The second-order valence-corrected chi connectivity index (χ2v) is 6.42. The SMILES string of the molecule is Cc1cn(C)nc1C(=O)Nc1ccc(-n2cnc(C)c2C)cc1.O=C(O)C(F)(F)F. The van der Waals surface area contributed by atoms with Crippen molar-refractivity contribution in [1.82, 2.24) is 19.3 Å². The summed E-state index contributed by atoms with van der Waals surface area (Å²) in [7, 11) is 1.80. The first kappa shape index (κ1) is 22.7. The first-order chi connectivity index (χ1) is 13.9. The topological polar surface area (TPSA) is 102 Å². The molecule has 1 aromatic carbocycles. The van der Waals surface area contributed by atoms with E-state index in [9.17, 15) is 18.0 Å². The molecular formula is C19H20F3N5O3. The number of carboxylic acids is 1. The van der Waals surface area contributed by atoms with Crippen LogP contribution in [0.15, 0.2) is 36.8 Å². The van der Waals surface area contributed by atoms with E-state index < -0.39 is 12.1 Å². The molecule has 3 aromatic rings. The van der Waals surface area contributed by atoms with Crippen molar-refractivity contribution in [3.05, 3.63) is 59.4 Å². The van der Waals surface area contributed by atoms with E-state index in [4.69, 9.17) is 9.90 Å². The van der Waals surface area contributed by atoms with Gasteiger partial charge >= 0.3 is 12.1 Å². The molecule has 2 aromatic heterocycles. The maximum absolute atomic E-state index is 12.3. The standard InChI is InChI=1S/C17H19N5O.C2HF3O2/c1-11-9-21(4)20-16(11)17(23)19-14-5-7-15(8-6-14)22-10-18-12(2)13(22)3;3-2(4,5)1(6)7/h5-10H,1-4H3,(H,19,23);(H,6,7). The largest absolute Gasteiger partial charge is 0.490 e. The molecule has 0 aliphatic heterocycles. The van der Waals surface area contributed by atoms with Crippen molar-refractivity contribution in [3.8, 4) is 5.69 Å². The fraction of sp³-hybridized carbons (Fsp3) is 0.263. The molecule has 1 amide bonds. The molecule has 2 N–H and O–H groups in total. The number of benzene rings is 1. The van der Waals surface area contributed by atoms with Gasteiger partial charge in [-0.1, -0.05) is 0 Å². The summed E-state index contributed by atoms with van der Waals surface area (Å²) in [5.74, 6) is -2.96. The van der Waals surface area contributed by atoms with Crippen LogP contribution in [0.4, 0.5) is 18.9 Å². The molecule has 0 atom stereocenters. The molecule has 0 spiro atoms. The third-order valence-corrected chi connectivity index (χ3v) is 4.12. The molecule has 0 aliphatic rings. The van der Waals surface area contributed by atoms with E-state index in [1.165, 1.54) is 0 Å². The van der Waals surface area contributed by atoms with Crippen molar-refractivity contribution in [3.63, 3.8) is 0 Å². The molecule has 8 nitrogen and oxygen atoms in total. The average molecular weight is 423 g/mol. The Morgan fingerprint density at radius 3 is 2.07 bits per heavy atom. The van der Waals surface area contributed by atoms with Crippen LogP contribution in [0.1, 0.15) is 27.4 Å². The molecular weight excluding hydrogens is 403 g/mol. The highest BCUT2D eigenvalue weighted by molar-refractivity contribution is 6.03. The summed E-state index contributed by atoms with van der Waals surface area (Å²) in [6, 6.07) is 7.66. The monoisotopic (exact) mass is 423 g/mol. The quantitative estimate of drug-likeness (QED) is 0.672. The molecule has 0 unspecified atom stereocenters. The number of anilines is 1. The van der Waals surface area contributed by atoms with Gasteiger partial charge in [-0.15, -0.1) is 0 Å². The number of rotatable bonds is 3. The van der Waals surface area contributed by atoms with Gasteiger partial charge in [0.15, 0.2) is 5.69 Å². The smallest absolute Gasteiger partial charge is 0.475 e. The summed E-state index contributed by atoms with van der Waals surface area (Å²) in [6.07, 6.45) is -1.46. The van der Waals surface area contributed by atoms with Gasteiger partial charge in [0.1, 0.15) is 0 Å². The molecule has 0 bridgehead atoms. The predicted molar refractivity (Wildman–Crippen MR) is 103 cm³/mol. The Labute approximate surface area is 170 Å². The first-order valence-corrected chi connectivity index (χ1v) is 8.63. The Morgan fingerprint density at radius 2 is 1.67 bits per heavy atom. The van der Waals surface area contributed by atoms with Crippen LogP contribution in [0.5, 0.6) is 0 Å². The average Bonchev–Trinajstić information content (AvgIpc) is 3.17. The van der Waals surface area contributed by atoms with Crippen molar-refractivity contribution in [2.24, 2.45) is 7.05 Å². The molecule has 0 radical (unpaired) electrons. The summed E-state index contributed by atoms with van der Waals surface area (Å²) in [6.45, 7) is 5.88. The first-order valence-electron chi connectivity index (χ1n) is 8.63. The summed E-state index contributed by atoms with van der Waals surface area (Å²) in [5, 5.41) is 14.2. The number of aryl methyl sites for hydroxylation is 3. The van der Waals surface area contributed by atoms with Crippen LogP contribution in [0, 0.1) is 20.8 Å². The number of aromatic nitrogens is 4. The van der Waals surface area contributed by atoms with Crippen molar-refractivity contribution in [2.45, 2.75) is 26.9 Å². The minimum absolute atomic E-state index is 0.203. The minimum atomic E-state index is -5.08. The molecule has 0 fully saturated rings. The number of carbonyl (C=O) groups is 2. The van der Waals surface area contributed by atoms with Gasteiger partial charge in [0.05, 0.1) is 12.0 Å². The highest BCUT2D eigenvalue weighted by Gasteiger charge is 2.38. The molecule has 30 heavy (non-hydrogen) atoms. The van der Waals surface area contributed by atoms with Crippen LogP contribution in [0.3, 0.4) is 0 Å². The number of halogens is 3. The maximum Gasteiger partial charge on any atom is 0.490 e. The van der Waals surface area contributed by atoms with Gasteiger partial charge in [-0.3, -0.25) is 9.48 Å². The number of imidazole rings is 1. The number of amides is 1. The van der Waals surface area contributed by atoms with Crippen molar-refractivity contribution >= 4 is 17.6 Å². The number of alkyl halides is 3. The van der Waals surface area contributed by atoms with E-state index in [1.54, 1.807) is 18.1 Å². The fourth-order valence-electron chi connectivity index (χ4n) is 2.49. The van der Waals surface area contributed by atoms with Crippen LogP contribution in [0.25, 0.3) is 5.69 Å². The van der Waals surface area contributed by atoms with E-state index in [0.717, 1.165) is 28.3 Å². The summed E-state index contributed by atoms with van der Waals surface area (Å²) in [5.41, 5.74) is 5.15. The lowest BCUT2D eigenvalue weighted by molar-refractivity contribution is -0.192. The fourth-order valence-corrected chi connectivity index (χ4v) is 2.49. The lowest BCUT2D eigenvalue weighted by atomic mass is 10.2. The lowest BCUT2D eigenvalue weighted by Gasteiger charge is -2.08. The van der Waals surface area contributed by atoms with Gasteiger partial charge in [0.2, 0.25) is 0 Å². The number of carboxylic acid groups (broad SMARTS) is 1. The Hall–Kier alpha value is -3.63. The molecule has 0 aliphatic carbocycles. The molecule has 160 valence electrons. The van der Waals surface area contributed by atoms with Crippen molar-refractivity contribution in [2.75, 3.05) is 5.32 Å². The zero-order chi connectivity index (χ0) is 22.6. The van der Waals surface area contributed by atoms with E-state index in [0.29, 0.717) is 5.69 Å². The van der Waals surface area contributed by atoms with Crippen LogP contribution in [-0.2, 0) is 11.8 Å². The Bertz CT molecular complexity index is 1050. The van der Waals surface area contributed by atoms with Gasteiger partial charge in [-0.05, 0) is 45.0 Å². The zero-order valence-corrected chi connectivity index (χ0v) is 16.7. The maximum atomic E-state index is 12.3. The highest BCUT2D eigenvalue weighted by Crippen LogP contribution is 2.17. The van der Waals surface area contributed by atoms with E-state index in [1.807, 2.05) is 55.8 Å². The van der Waals surface area contributed by atoms with Crippen LogP contribution in [0.2, 0.25) is 0 Å². The van der Waals surface area contributed by atoms with Crippen LogP contribution >= 0.6 is 0 Å². The normalized spacial score (nSPS) is 10.9. The van der Waals surface area contributed by atoms with E-state index in [-0.39, 0.29) is 5.91 Å². The highest BCUT2D eigenvalue weighted by atomic mass is 19.4. The van der Waals surface area contributed by atoms with Crippen molar-refractivity contribution in [1.29, 1.82) is 0 Å². The number of hydrogen-bond donors (Lipinski definition) is 2. The summed E-state index contributed by atoms with van der Waals surface area (Å²) < 4.78 is 35.4. The number of hydrogen-bond acceptors (Lipinski definition) is 4. The van der Waals surface area contributed by atoms with Crippen LogP contribution in [-0.4, -0.2) is 42.5 Å². The minimum Gasteiger partial charge on any atom is -0.475 e. The lowest BCUT2D eigenvalue weighted by Crippen LogP contribution is -2.21. The van der Waals surface area contributed by atoms with Crippen LogP contribution < -0.4 is 5.32 Å². The van der Waals surface area contributed by atoms with Gasteiger partial charge in [-0.2, -0.15) is 18.3 Å². The molecule has 2 heterocycles. The molecule has 11 heteroatoms. The molecule has 0 saturated carbocycles. The number of nitrogens with one attached hydrogen (secondary N) is 1. The van der Waals surface area contributed by atoms with E-state index >= 15 is 0 Å². The summed E-state index contributed by atoms with van der Waals surface area (Å²) in [4.78, 5) is 25.5. The number of nitrogens with zero attached hydrogens (tertiary/aromatic N) is 4. The molecule has 3 rings (SSSR count). The third-order valence-electron chi connectivity index (χ3n) is 4.12. The second kappa shape index (κ2) is 8.80. The number of carbonyl (C=O) groups excluding carboxylic acids is 1. The predicted octanol–water partition coefficient (Wildman–Crippen LogP) is 3.42. The summed E-state index contributed by atoms with van der Waals surface area (Å²) >= 11 is 0. The Morgan fingerprint density at radius 1 is 1.10 bits per heavy atom. The van der Waals surface area contributed by atoms with Gasteiger partial charge in [0, 0.05) is 35.9 Å².